The zero-order chi connectivity index (χ0) is 15.1. The van der Waals surface area contributed by atoms with Crippen LogP contribution in [0.15, 0.2) is 28.9 Å². The van der Waals surface area contributed by atoms with Crippen LogP contribution in [0, 0.1) is 18.6 Å². The molecule has 0 aliphatic rings. The summed E-state index contributed by atoms with van der Waals surface area (Å²) in [5.74, 6) is -2.63. The first-order valence-corrected chi connectivity index (χ1v) is 6.09. The van der Waals surface area contributed by atoms with Crippen molar-refractivity contribution in [3.8, 4) is 11.6 Å². The van der Waals surface area contributed by atoms with Crippen molar-refractivity contribution in [2.45, 2.75) is 13.5 Å². The number of benzene rings is 1. The number of nitrogens with zero attached hydrogens (tertiary/aromatic N) is 2. The Morgan fingerprint density at radius 2 is 2.10 bits per heavy atom. The van der Waals surface area contributed by atoms with Crippen molar-refractivity contribution >= 4 is 17.0 Å². The number of rotatable bonds is 3. The number of hydrogen-bond acceptors (Lipinski definition) is 3. The van der Waals surface area contributed by atoms with Crippen molar-refractivity contribution < 1.29 is 23.1 Å². The zero-order valence-electron chi connectivity index (χ0n) is 10.9. The minimum absolute atomic E-state index is 0.168. The van der Waals surface area contributed by atoms with E-state index >= 15 is 0 Å². The van der Waals surface area contributed by atoms with Crippen LogP contribution in [-0.4, -0.2) is 20.6 Å². The number of carboxylic acids is 1. The van der Waals surface area contributed by atoms with Crippen molar-refractivity contribution in [1.29, 1.82) is 0 Å². The lowest BCUT2D eigenvalue weighted by molar-refractivity contribution is -0.137. The average Bonchev–Trinajstić information content (AvgIpc) is 2.95. The highest BCUT2D eigenvalue weighted by Crippen LogP contribution is 2.29. The van der Waals surface area contributed by atoms with Crippen LogP contribution in [0.3, 0.4) is 0 Å². The highest BCUT2D eigenvalue weighted by Gasteiger charge is 2.20. The number of aliphatic carboxylic acids is 1. The van der Waals surface area contributed by atoms with Gasteiger partial charge in [-0.05, 0) is 18.6 Å². The minimum Gasteiger partial charge on any atom is -0.480 e. The predicted molar refractivity (Wildman–Crippen MR) is 69.7 cm³/mol. The van der Waals surface area contributed by atoms with Crippen molar-refractivity contribution in [2.24, 2.45) is 0 Å². The van der Waals surface area contributed by atoms with E-state index in [1.165, 1.54) is 10.8 Å². The minimum atomic E-state index is -1.12. The molecular formula is C14H10F2N2O3. The molecule has 2 heterocycles. The summed E-state index contributed by atoms with van der Waals surface area (Å²) in [4.78, 5) is 15.2. The fourth-order valence-electron chi connectivity index (χ4n) is 2.19. The number of aryl methyl sites for hydroxylation is 1. The quantitative estimate of drug-likeness (QED) is 0.805. The third kappa shape index (κ3) is 2.16. The van der Waals surface area contributed by atoms with Crippen LogP contribution in [0.4, 0.5) is 8.78 Å². The summed E-state index contributed by atoms with van der Waals surface area (Å²) in [6.45, 7) is 1.33. The summed E-state index contributed by atoms with van der Waals surface area (Å²) >= 11 is 0. The normalized spacial score (nSPS) is 11.2. The van der Waals surface area contributed by atoms with Gasteiger partial charge < -0.3 is 14.1 Å². The van der Waals surface area contributed by atoms with E-state index in [1.807, 2.05) is 0 Å². The summed E-state index contributed by atoms with van der Waals surface area (Å²) in [5, 5.41) is 9.01. The summed E-state index contributed by atoms with van der Waals surface area (Å²) in [7, 11) is 0. The highest BCUT2D eigenvalue weighted by atomic mass is 19.2. The molecule has 0 bridgehead atoms. The van der Waals surface area contributed by atoms with Gasteiger partial charge in [-0.1, -0.05) is 0 Å². The Labute approximate surface area is 117 Å². The Bertz CT molecular complexity index is 851. The van der Waals surface area contributed by atoms with Crippen molar-refractivity contribution in [1.82, 2.24) is 9.55 Å². The SMILES string of the molecule is Cc1ccoc1-c1nc2cc(F)c(F)cc2n1CC(=O)O. The number of halogens is 2. The molecule has 0 spiro atoms. The van der Waals surface area contributed by atoms with E-state index in [0.717, 1.165) is 17.7 Å². The standard InChI is InChI=1S/C14H10F2N2O3/c1-7-2-3-21-13(7)14-17-10-4-8(15)9(16)5-11(10)18(14)6-12(19)20/h2-5H,6H2,1H3,(H,19,20). The van der Waals surface area contributed by atoms with Gasteiger partial charge in [0.2, 0.25) is 0 Å². The number of imidazole rings is 1. The van der Waals surface area contributed by atoms with Gasteiger partial charge in [-0.25, -0.2) is 13.8 Å². The zero-order valence-corrected chi connectivity index (χ0v) is 10.9. The number of furan rings is 1. The molecule has 0 fully saturated rings. The maximum Gasteiger partial charge on any atom is 0.323 e. The Kier molecular flexibility index (Phi) is 2.97. The van der Waals surface area contributed by atoms with E-state index in [0.29, 0.717) is 5.76 Å². The van der Waals surface area contributed by atoms with E-state index in [-0.39, 0.29) is 16.9 Å². The summed E-state index contributed by atoms with van der Waals surface area (Å²) in [6, 6.07) is 3.56. The van der Waals surface area contributed by atoms with Crippen LogP contribution in [0.5, 0.6) is 0 Å². The Morgan fingerprint density at radius 3 is 2.71 bits per heavy atom. The summed E-state index contributed by atoms with van der Waals surface area (Å²) in [6.07, 6.45) is 1.44. The van der Waals surface area contributed by atoms with Gasteiger partial charge in [-0.15, -0.1) is 0 Å². The molecule has 108 valence electrons. The molecule has 5 nitrogen and oxygen atoms in total. The highest BCUT2D eigenvalue weighted by molar-refractivity contribution is 5.82. The molecule has 21 heavy (non-hydrogen) atoms. The fourth-order valence-corrected chi connectivity index (χ4v) is 2.19. The number of hydrogen-bond donors (Lipinski definition) is 1. The van der Waals surface area contributed by atoms with E-state index in [4.69, 9.17) is 9.52 Å². The van der Waals surface area contributed by atoms with Crippen molar-refractivity contribution in [2.75, 3.05) is 0 Å². The van der Waals surface area contributed by atoms with E-state index in [1.54, 1.807) is 13.0 Å². The van der Waals surface area contributed by atoms with Crippen LogP contribution in [-0.2, 0) is 11.3 Å². The van der Waals surface area contributed by atoms with Gasteiger partial charge in [-0.2, -0.15) is 0 Å². The fraction of sp³-hybridized carbons (Fsp3) is 0.143. The third-order valence-corrected chi connectivity index (χ3v) is 3.15. The Morgan fingerprint density at radius 1 is 1.38 bits per heavy atom. The first kappa shape index (κ1) is 13.3. The van der Waals surface area contributed by atoms with E-state index < -0.39 is 24.1 Å². The molecule has 3 aromatic rings. The molecule has 0 amide bonds. The second-order valence-electron chi connectivity index (χ2n) is 4.60. The topological polar surface area (TPSA) is 68.3 Å². The lowest BCUT2D eigenvalue weighted by atomic mass is 10.2. The van der Waals surface area contributed by atoms with Gasteiger partial charge in [0, 0.05) is 12.1 Å². The second-order valence-corrected chi connectivity index (χ2v) is 4.60. The molecule has 0 radical (unpaired) electrons. The number of aromatic nitrogens is 2. The summed E-state index contributed by atoms with van der Waals surface area (Å²) in [5.41, 5.74) is 1.11. The molecule has 2 aromatic heterocycles. The lowest BCUT2D eigenvalue weighted by Crippen LogP contribution is -2.10. The van der Waals surface area contributed by atoms with E-state index in [2.05, 4.69) is 4.98 Å². The number of fused-ring (bicyclic) bond motifs is 1. The van der Waals surface area contributed by atoms with Crippen LogP contribution >= 0.6 is 0 Å². The molecule has 0 saturated carbocycles. The van der Waals surface area contributed by atoms with Gasteiger partial charge in [0.1, 0.15) is 6.54 Å². The van der Waals surface area contributed by atoms with Crippen molar-refractivity contribution in [3.63, 3.8) is 0 Å². The molecular weight excluding hydrogens is 282 g/mol. The number of carbonyl (C=O) groups is 1. The molecule has 3 rings (SSSR count). The lowest BCUT2D eigenvalue weighted by Gasteiger charge is -2.05. The molecule has 0 aliphatic carbocycles. The Balaban J connectivity index is 2.33. The Hall–Kier alpha value is -2.70. The van der Waals surface area contributed by atoms with Gasteiger partial charge in [-0.3, -0.25) is 4.79 Å². The van der Waals surface area contributed by atoms with Gasteiger partial charge >= 0.3 is 5.97 Å². The summed E-state index contributed by atoms with van der Waals surface area (Å²) < 4.78 is 33.3. The molecule has 0 unspecified atom stereocenters. The molecule has 0 saturated heterocycles. The molecule has 7 heteroatoms. The second kappa shape index (κ2) is 4.69. The largest absolute Gasteiger partial charge is 0.480 e. The molecule has 0 atom stereocenters. The number of carboxylic acid groups (broad SMARTS) is 1. The van der Waals surface area contributed by atoms with Crippen LogP contribution in [0.25, 0.3) is 22.6 Å². The molecule has 0 aliphatic heterocycles. The van der Waals surface area contributed by atoms with Crippen LogP contribution in [0.2, 0.25) is 0 Å². The molecule has 1 N–H and O–H groups in total. The maximum absolute atomic E-state index is 13.4. The van der Waals surface area contributed by atoms with Gasteiger partial charge in [0.15, 0.2) is 23.2 Å². The predicted octanol–water partition coefficient (Wildman–Crippen LogP) is 2.97. The maximum atomic E-state index is 13.4. The van der Waals surface area contributed by atoms with E-state index in [9.17, 15) is 13.6 Å². The first-order valence-electron chi connectivity index (χ1n) is 6.09. The van der Waals surface area contributed by atoms with Gasteiger partial charge in [0.05, 0.1) is 17.3 Å². The average molecular weight is 292 g/mol. The van der Waals surface area contributed by atoms with Crippen LogP contribution < -0.4 is 0 Å². The smallest absolute Gasteiger partial charge is 0.323 e. The van der Waals surface area contributed by atoms with Gasteiger partial charge in [0.25, 0.3) is 0 Å². The van der Waals surface area contributed by atoms with Crippen LogP contribution in [0.1, 0.15) is 5.56 Å². The first-order chi connectivity index (χ1) is 9.97. The molecule has 1 aromatic carbocycles. The third-order valence-electron chi connectivity index (χ3n) is 3.15. The monoisotopic (exact) mass is 292 g/mol. The van der Waals surface area contributed by atoms with Crippen molar-refractivity contribution in [3.05, 3.63) is 41.7 Å².